The van der Waals surface area contributed by atoms with Crippen LogP contribution in [0, 0.1) is 17.2 Å². The van der Waals surface area contributed by atoms with Crippen molar-refractivity contribution in [3.05, 3.63) is 28.2 Å². The normalized spacial score (nSPS) is 22.7. The van der Waals surface area contributed by atoms with E-state index < -0.39 is 0 Å². The second-order valence-corrected chi connectivity index (χ2v) is 5.53. The Balaban J connectivity index is 2.01. The smallest absolute Gasteiger partial charge is 0.123 e. The van der Waals surface area contributed by atoms with Gasteiger partial charge in [-0.05, 0) is 31.0 Å². The predicted molar refractivity (Wildman–Crippen MR) is 74.3 cm³/mol. The molecule has 0 aliphatic heterocycles. The van der Waals surface area contributed by atoms with E-state index in [1.165, 1.54) is 0 Å². The van der Waals surface area contributed by atoms with Crippen LogP contribution in [0.4, 0.5) is 0 Å². The Labute approximate surface area is 116 Å². The van der Waals surface area contributed by atoms with E-state index in [1.54, 1.807) is 7.11 Å². The summed E-state index contributed by atoms with van der Waals surface area (Å²) < 4.78 is 6.39. The Kier molecular flexibility index (Phi) is 4.62. The third-order valence-corrected chi connectivity index (χ3v) is 3.97. The van der Waals surface area contributed by atoms with Crippen molar-refractivity contribution >= 4 is 15.9 Å². The molecule has 0 heterocycles. The Hall–Kier alpha value is -1.05. The van der Waals surface area contributed by atoms with Crippen LogP contribution in [0.5, 0.6) is 5.75 Å². The molecule has 1 aliphatic carbocycles. The molecule has 2 atom stereocenters. The van der Waals surface area contributed by atoms with E-state index in [1.807, 2.05) is 12.1 Å². The largest absolute Gasteiger partial charge is 0.496 e. The van der Waals surface area contributed by atoms with Gasteiger partial charge in [0, 0.05) is 22.6 Å². The van der Waals surface area contributed by atoms with Gasteiger partial charge in [-0.15, -0.1) is 0 Å². The molecule has 1 aromatic rings. The van der Waals surface area contributed by atoms with Crippen molar-refractivity contribution in [2.24, 2.45) is 5.92 Å². The van der Waals surface area contributed by atoms with Gasteiger partial charge in [-0.1, -0.05) is 22.4 Å². The lowest BCUT2D eigenvalue weighted by Gasteiger charge is -2.17. The SMILES string of the molecule is COc1ccc(Br)cc1CNC1CCCC1C#N. The zero-order chi connectivity index (χ0) is 13.0. The molecule has 2 rings (SSSR count). The number of nitriles is 1. The lowest BCUT2D eigenvalue weighted by atomic mass is 10.1. The first-order chi connectivity index (χ1) is 8.74. The van der Waals surface area contributed by atoms with Gasteiger partial charge in [-0.3, -0.25) is 0 Å². The zero-order valence-electron chi connectivity index (χ0n) is 10.4. The van der Waals surface area contributed by atoms with Gasteiger partial charge in [-0.2, -0.15) is 5.26 Å². The van der Waals surface area contributed by atoms with E-state index in [-0.39, 0.29) is 5.92 Å². The monoisotopic (exact) mass is 308 g/mol. The summed E-state index contributed by atoms with van der Waals surface area (Å²) in [6, 6.07) is 8.69. The van der Waals surface area contributed by atoms with Crippen LogP contribution in [-0.4, -0.2) is 13.2 Å². The van der Waals surface area contributed by atoms with Gasteiger partial charge in [0.15, 0.2) is 0 Å². The second-order valence-electron chi connectivity index (χ2n) is 4.61. The van der Waals surface area contributed by atoms with Crippen LogP contribution in [0.15, 0.2) is 22.7 Å². The van der Waals surface area contributed by atoms with Crippen molar-refractivity contribution in [1.29, 1.82) is 5.26 Å². The van der Waals surface area contributed by atoms with Crippen molar-refractivity contribution in [2.45, 2.75) is 31.8 Å². The highest BCUT2D eigenvalue weighted by molar-refractivity contribution is 9.10. The van der Waals surface area contributed by atoms with E-state index in [4.69, 9.17) is 10.00 Å². The maximum atomic E-state index is 9.06. The van der Waals surface area contributed by atoms with E-state index in [0.717, 1.165) is 41.6 Å². The summed E-state index contributed by atoms with van der Waals surface area (Å²) in [7, 11) is 1.68. The van der Waals surface area contributed by atoms with Crippen molar-refractivity contribution in [1.82, 2.24) is 5.32 Å². The number of benzene rings is 1. The molecular weight excluding hydrogens is 292 g/mol. The van der Waals surface area contributed by atoms with Gasteiger partial charge in [0.2, 0.25) is 0 Å². The highest BCUT2D eigenvalue weighted by Gasteiger charge is 2.26. The fourth-order valence-electron chi connectivity index (χ4n) is 2.49. The van der Waals surface area contributed by atoms with Gasteiger partial charge in [-0.25, -0.2) is 0 Å². The molecule has 0 saturated heterocycles. The van der Waals surface area contributed by atoms with E-state index >= 15 is 0 Å². The second kappa shape index (κ2) is 6.21. The topological polar surface area (TPSA) is 45.0 Å². The Morgan fingerprint density at radius 2 is 2.33 bits per heavy atom. The Morgan fingerprint density at radius 3 is 3.06 bits per heavy atom. The van der Waals surface area contributed by atoms with Gasteiger partial charge >= 0.3 is 0 Å². The van der Waals surface area contributed by atoms with Crippen LogP contribution in [0.2, 0.25) is 0 Å². The van der Waals surface area contributed by atoms with Crippen LogP contribution in [0.3, 0.4) is 0 Å². The third-order valence-electron chi connectivity index (χ3n) is 3.48. The van der Waals surface area contributed by atoms with Gasteiger partial charge in [0.1, 0.15) is 5.75 Å². The molecule has 0 aromatic heterocycles. The maximum absolute atomic E-state index is 9.06. The first kappa shape index (κ1) is 13.4. The Morgan fingerprint density at radius 1 is 1.50 bits per heavy atom. The van der Waals surface area contributed by atoms with E-state index in [0.29, 0.717) is 6.04 Å². The predicted octanol–water partition coefficient (Wildman–Crippen LogP) is 3.24. The molecule has 18 heavy (non-hydrogen) atoms. The molecule has 0 amide bonds. The first-order valence-electron chi connectivity index (χ1n) is 6.20. The fraction of sp³-hybridized carbons (Fsp3) is 0.500. The molecule has 0 bridgehead atoms. The summed E-state index contributed by atoms with van der Waals surface area (Å²) >= 11 is 3.47. The van der Waals surface area contributed by atoms with Crippen LogP contribution in [0.25, 0.3) is 0 Å². The standard InChI is InChI=1S/C14H17BrN2O/c1-18-14-6-5-12(15)7-11(14)9-17-13-4-2-3-10(13)8-16/h5-7,10,13,17H,2-4,9H2,1H3. The molecule has 96 valence electrons. The molecule has 1 saturated carbocycles. The van der Waals surface area contributed by atoms with E-state index in [2.05, 4.69) is 33.4 Å². The summed E-state index contributed by atoms with van der Waals surface area (Å²) in [6.45, 7) is 0.742. The van der Waals surface area contributed by atoms with Crippen LogP contribution in [-0.2, 0) is 6.54 Å². The summed E-state index contributed by atoms with van der Waals surface area (Å²) in [6.07, 6.45) is 3.25. The average Bonchev–Trinajstić information content (AvgIpc) is 2.84. The summed E-state index contributed by atoms with van der Waals surface area (Å²) in [5.74, 6) is 1.04. The molecule has 1 aromatic carbocycles. The van der Waals surface area contributed by atoms with Gasteiger partial charge < -0.3 is 10.1 Å². The van der Waals surface area contributed by atoms with Gasteiger partial charge in [0.25, 0.3) is 0 Å². The highest BCUT2D eigenvalue weighted by Crippen LogP contribution is 2.27. The molecule has 3 nitrogen and oxygen atoms in total. The number of hydrogen-bond acceptors (Lipinski definition) is 3. The minimum Gasteiger partial charge on any atom is -0.496 e. The maximum Gasteiger partial charge on any atom is 0.123 e. The molecule has 2 unspecified atom stereocenters. The number of nitrogens with zero attached hydrogens (tertiary/aromatic N) is 1. The first-order valence-corrected chi connectivity index (χ1v) is 6.99. The lowest BCUT2D eigenvalue weighted by molar-refractivity contribution is 0.401. The minimum atomic E-state index is 0.156. The molecule has 4 heteroatoms. The van der Waals surface area contributed by atoms with Crippen LogP contribution in [0.1, 0.15) is 24.8 Å². The number of rotatable bonds is 4. The number of nitrogens with one attached hydrogen (secondary N) is 1. The summed E-state index contributed by atoms with van der Waals surface area (Å²) in [5, 5.41) is 12.5. The molecule has 1 N–H and O–H groups in total. The minimum absolute atomic E-state index is 0.156. The quantitative estimate of drug-likeness (QED) is 0.928. The lowest BCUT2D eigenvalue weighted by Crippen LogP contribution is -2.31. The van der Waals surface area contributed by atoms with Crippen molar-refractivity contribution in [3.63, 3.8) is 0 Å². The average molecular weight is 309 g/mol. The third kappa shape index (κ3) is 3.04. The highest BCUT2D eigenvalue weighted by atomic mass is 79.9. The number of ether oxygens (including phenoxy) is 1. The Bertz CT molecular complexity index is 456. The van der Waals surface area contributed by atoms with Gasteiger partial charge in [0.05, 0.1) is 19.1 Å². The van der Waals surface area contributed by atoms with Crippen molar-refractivity contribution in [3.8, 4) is 11.8 Å². The summed E-state index contributed by atoms with van der Waals surface area (Å²) in [5.41, 5.74) is 1.12. The number of methoxy groups -OCH3 is 1. The number of halogens is 1. The van der Waals surface area contributed by atoms with Crippen LogP contribution >= 0.6 is 15.9 Å². The zero-order valence-corrected chi connectivity index (χ0v) is 12.0. The summed E-state index contributed by atoms with van der Waals surface area (Å²) in [4.78, 5) is 0. The molecule has 1 aliphatic rings. The molecule has 0 radical (unpaired) electrons. The van der Waals surface area contributed by atoms with Crippen LogP contribution < -0.4 is 10.1 Å². The number of hydrogen-bond donors (Lipinski definition) is 1. The van der Waals surface area contributed by atoms with Crippen molar-refractivity contribution < 1.29 is 4.74 Å². The van der Waals surface area contributed by atoms with E-state index in [9.17, 15) is 0 Å². The van der Waals surface area contributed by atoms with Crippen molar-refractivity contribution in [2.75, 3.05) is 7.11 Å². The fourth-order valence-corrected chi connectivity index (χ4v) is 2.89. The molecule has 0 spiro atoms. The molecular formula is C14H17BrN2O. The molecule has 1 fully saturated rings.